The van der Waals surface area contributed by atoms with E-state index in [1.54, 1.807) is 0 Å². The second-order valence-corrected chi connectivity index (χ2v) is 9.79. The van der Waals surface area contributed by atoms with E-state index in [9.17, 15) is 19.5 Å². The van der Waals surface area contributed by atoms with Crippen molar-refractivity contribution in [1.82, 2.24) is 0 Å². The highest BCUT2D eigenvalue weighted by Gasteiger charge is 2.74. The number of aliphatic hydroxyl groups excluding tert-OH is 1. The molecule has 0 aromatic heterocycles. The summed E-state index contributed by atoms with van der Waals surface area (Å²) in [6.45, 7) is 9.62. The number of ether oxygens (including phenoxy) is 2. The maximum absolute atomic E-state index is 13.2. The van der Waals surface area contributed by atoms with Crippen molar-refractivity contribution in [1.29, 1.82) is 0 Å². The predicted molar refractivity (Wildman–Crippen MR) is 95.4 cm³/mol. The molecular weight excluding hydrogens is 348 g/mol. The smallest absolute Gasteiger partial charge is 0.320 e. The minimum atomic E-state index is -1.39. The summed E-state index contributed by atoms with van der Waals surface area (Å²) >= 11 is 0. The van der Waals surface area contributed by atoms with Gasteiger partial charge >= 0.3 is 11.9 Å². The van der Waals surface area contributed by atoms with E-state index >= 15 is 0 Å². The largest absolute Gasteiger partial charge is 0.464 e. The Balaban J connectivity index is 1.88. The number of carbonyl (C=O) groups excluding carboxylic acids is 3. The van der Waals surface area contributed by atoms with E-state index < -0.39 is 40.9 Å². The highest BCUT2D eigenvalue weighted by molar-refractivity contribution is 6.15. The molecule has 2 bridgehead atoms. The highest BCUT2D eigenvalue weighted by atomic mass is 16.6. The van der Waals surface area contributed by atoms with E-state index in [0.717, 1.165) is 6.42 Å². The summed E-state index contributed by atoms with van der Waals surface area (Å²) in [5, 5.41) is 11.1. The first kappa shape index (κ1) is 18.7. The summed E-state index contributed by atoms with van der Waals surface area (Å²) in [7, 11) is 0. The normalized spacial score (nSPS) is 45.4. The van der Waals surface area contributed by atoms with Crippen LogP contribution in [0.2, 0.25) is 0 Å². The number of hydrogen-bond donors (Lipinski definition) is 1. The van der Waals surface area contributed by atoms with Gasteiger partial charge in [-0.2, -0.15) is 0 Å². The van der Waals surface area contributed by atoms with Crippen LogP contribution in [0.5, 0.6) is 0 Å². The van der Waals surface area contributed by atoms with Crippen molar-refractivity contribution in [3.05, 3.63) is 12.2 Å². The molecule has 0 aromatic carbocycles. The van der Waals surface area contributed by atoms with E-state index in [4.69, 9.17) is 9.47 Å². The molecular formula is C21H28O6. The lowest BCUT2D eigenvalue weighted by Crippen LogP contribution is -2.67. The number of allylic oxidation sites excluding steroid dienone is 1. The van der Waals surface area contributed by atoms with Crippen LogP contribution in [0.3, 0.4) is 0 Å². The van der Waals surface area contributed by atoms with E-state index in [1.165, 1.54) is 6.92 Å². The molecule has 6 nitrogen and oxygen atoms in total. The van der Waals surface area contributed by atoms with E-state index in [-0.39, 0.29) is 23.7 Å². The van der Waals surface area contributed by atoms with Crippen LogP contribution in [0.1, 0.15) is 52.9 Å². The second kappa shape index (κ2) is 5.66. The molecule has 2 spiro atoms. The number of esters is 2. The molecule has 3 aliphatic carbocycles. The molecule has 4 aliphatic rings. The Morgan fingerprint density at radius 3 is 2.70 bits per heavy atom. The quantitative estimate of drug-likeness (QED) is 0.429. The molecule has 0 aromatic rings. The van der Waals surface area contributed by atoms with Gasteiger partial charge in [0.2, 0.25) is 0 Å². The molecule has 1 heterocycles. The molecule has 6 heteroatoms. The summed E-state index contributed by atoms with van der Waals surface area (Å²) in [6, 6.07) is 0. The van der Waals surface area contributed by atoms with Gasteiger partial charge in [-0.3, -0.25) is 14.4 Å². The Bertz CT molecular complexity index is 739. The van der Waals surface area contributed by atoms with Crippen LogP contribution >= 0.6 is 0 Å². The second-order valence-electron chi connectivity index (χ2n) is 9.79. The first-order chi connectivity index (χ1) is 12.5. The maximum Gasteiger partial charge on any atom is 0.320 e. The van der Waals surface area contributed by atoms with Crippen molar-refractivity contribution in [3.63, 3.8) is 0 Å². The molecule has 148 valence electrons. The van der Waals surface area contributed by atoms with Gasteiger partial charge in [-0.1, -0.05) is 20.4 Å². The standard InChI is InChI=1S/C21H28O6/c1-11-13-7-14(23)16-20(10-26-18(25)21(16,8-13)17(11)24)9-19(3,4)6-5-15(20)27-12(2)22/h13-16,23H,1,5-10H2,2-4H3/t13-,14+,15+,16+,20-,21-/m1/s1. The van der Waals surface area contributed by atoms with Crippen molar-refractivity contribution in [3.8, 4) is 0 Å². The first-order valence-electron chi connectivity index (χ1n) is 9.80. The van der Waals surface area contributed by atoms with E-state index in [1.807, 2.05) is 0 Å². The molecule has 4 rings (SSSR count). The number of Topliss-reactive ketones (excluding diaryl/α,β-unsaturated/α-hetero) is 1. The number of rotatable bonds is 1. The van der Waals surface area contributed by atoms with Crippen molar-refractivity contribution < 1.29 is 29.0 Å². The highest BCUT2D eigenvalue weighted by Crippen LogP contribution is 2.66. The lowest BCUT2D eigenvalue weighted by atomic mass is 9.47. The van der Waals surface area contributed by atoms with E-state index in [0.29, 0.717) is 31.3 Å². The Labute approximate surface area is 159 Å². The number of cyclic esters (lactones) is 1. The van der Waals surface area contributed by atoms with Gasteiger partial charge in [0.05, 0.1) is 6.10 Å². The third-order valence-corrected chi connectivity index (χ3v) is 7.50. The van der Waals surface area contributed by atoms with Gasteiger partial charge in [-0.15, -0.1) is 0 Å². The van der Waals surface area contributed by atoms with Crippen LogP contribution in [0.4, 0.5) is 0 Å². The Morgan fingerprint density at radius 2 is 2.04 bits per heavy atom. The van der Waals surface area contributed by atoms with Gasteiger partial charge in [-0.05, 0) is 49.0 Å². The summed E-state index contributed by atoms with van der Waals surface area (Å²) in [6.07, 6.45) is 1.57. The third-order valence-electron chi connectivity index (χ3n) is 7.50. The molecule has 27 heavy (non-hydrogen) atoms. The van der Waals surface area contributed by atoms with Crippen LogP contribution in [0, 0.1) is 28.1 Å². The Kier molecular flexibility index (Phi) is 3.91. The monoisotopic (exact) mass is 376 g/mol. The Morgan fingerprint density at radius 1 is 1.33 bits per heavy atom. The van der Waals surface area contributed by atoms with Crippen LogP contribution < -0.4 is 0 Å². The van der Waals surface area contributed by atoms with Gasteiger partial charge in [0.1, 0.15) is 18.1 Å². The molecule has 0 amide bonds. The average molecular weight is 376 g/mol. The zero-order chi connectivity index (χ0) is 19.8. The van der Waals surface area contributed by atoms with Gasteiger partial charge in [0.15, 0.2) is 5.78 Å². The van der Waals surface area contributed by atoms with Crippen molar-refractivity contribution in [2.45, 2.75) is 65.1 Å². The Hall–Kier alpha value is -1.69. The van der Waals surface area contributed by atoms with Crippen molar-refractivity contribution >= 4 is 17.7 Å². The SMILES string of the molecule is C=C1C(=O)[C@@]23C[C@H]1C[C@H](O)[C@H]2[C@@]1(COC3=O)CC(C)(C)CC[C@@H]1OC(C)=O. The van der Waals surface area contributed by atoms with Crippen LogP contribution in [-0.2, 0) is 23.9 Å². The molecule has 3 saturated carbocycles. The summed E-state index contributed by atoms with van der Waals surface area (Å²) in [5.74, 6) is -2.03. The minimum Gasteiger partial charge on any atom is -0.464 e. The summed E-state index contributed by atoms with van der Waals surface area (Å²) in [5.41, 5.74) is -1.79. The fourth-order valence-electron chi connectivity index (χ4n) is 6.65. The maximum atomic E-state index is 13.2. The molecule has 0 radical (unpaired) electrons. The van der Waals surface area contributed by atoms with E-state index in [2.05, 4.69) is 20.4 Å². The number of aliphatic hydroxyl groups is 1. The minimum absolute atomic E-state index is 0.0705. The number of fused-ring (bicyclic) bond motifs is 2. The number of hydrogen-bond acceptors (Lipinski definition) is 6. The summed E-state index contributed by atoms with van der Waals surface area (Å²) < 4.78 is 11.3. The van der Waals surface area contributed by atoms with Gasteiger partial charge < -0.3 is 14.6 Å². The zero-order valence-corrected chi connectivity index (χ0v) is 16.2. The lowest BCUT2D eigenvalue weighted by molar-refractivity contribution is -0.239. The van der Waals surface area contributed by atoms with Crippen LogP contribution in [0.25, 0.3) is 0 Å². The van der Waals surface area contributed by atoms with Crippen molar-refractivity contribution in [2.24, 2.45) is 28.1 Å². The molecule has 0 unspecified atom stereocenters. The fraction of sp³-hybridized carbons (Fsp3) is 0.762. The number of ketones is 1. The molecule has 4 fully saturated rings. The van der Waals surface area contributed by atoms with Gasteiger partial charge in [-0.25, -0.2) is 0 Å². The first-order valence-corrected chi connectivity index (χ1v) is 9.80. The summed E-state index contributed by atoms with van der Waals surface area (Å²) in [4.78, 5) is 37.9. The third kappa shape index (κ3) is 2.38. The predicted octanol–water partition coefficient (Wildman–Crippen LogP) is 2.18. The molecule has 1 aliphatic heterocycles. The molecule has 1 N–H and O–H groups in total. The fourth-order valence-corrected chi connectivity index (χ4v) is 6.65. The molecule has 1 saturated heterocycles. The van der Waals surface area contributed by atoms with Crippen LogP contribution in [-0.4, -0.2) is 41.6 Å². The topological polar surface area (TPSA) is 89.9 Å². The van der Waals surface area contributed by atoms with Gasteiger partial charge in [0.25, 0.3) is 0 Å². The van der Waals surface area contributed by atoms with Crippen molar-refractivity contribution in [2.75, 3.05) is 6.61 Å². The lowest BCUT2D eigenvalue weighted by Gasteiger charge is -2.60. The number of carbonyl (C=O) groups is 3. The van der Waals surface area contributed by atoms with Crippen LogP contribution in [0.15, 0.2) is 12.2 Å². The zero-order valence-electron chi connectivity index (χ0n) is 16.2. The average Bonchev–Trinajstić information content (AvgIpc) is 2.76. The van der Waals surface area contributed by atoms with Gasteiger partial charge in [0, 0.05) is 18.3 Å². The molecule has 6 atom stereocenters.